The van der Waals surface area contributed by atoms with Gasteiger partial charge in [0.15, 0.2) is 0 Å². The van der Waals surface area contributed by atoms with Gasteiger partial charge in [-0.3, -0.25) is 10.2 Å². The Hall–Kier alpha value is -2.81. The van der Waals surface area contributed by atoms with E-state index in [2.05, 4.69) is 34.2 Å². The number of nitrogens with one attached hydrogen (secondary N) is 1. The van der Waals surface area contributed by atoms with Gasteiger partial charge >= 0.3 is 6.09 Å². The molecule has 4 rings (SSSR count). The molecule has 2 aliphatic heterocycles. The number of hydrogen-bond donors (Lipinski definition) is 2. The number of nitrogens with two attached hydrogens (primary N) is 1. The third-order valence-corrected chi connectivity index (χ3v) is 6.61. The second kappa shape index (κ2) is 12.2. The zero-order chi connectivity index (χ0) is 24.6. The van der Waals surface area contributed by atoms with E-state index in [1.165, 1.54) is 0 Å². The highest BCUT2D eigenvalue weighted by Gasteiger charge is 2.36. The summed E-state index contributed by atoms with van der Waals surface area (Å²) in [6, 6.07) is 14.0. The molecule has 2 heterocycles. The van der Waals surface area contributed by atoms with Gasteiger partial charge in [0.2, 0.25) is 0 Å². The smallest absolute Gasteiger partial charge is 0.411 e. The summed E-state index contributed by atoms with van der Waals surface area (Å²) in [4.78, 5) is 16.6. The van der Waals surface area contributed by atoms with Crippen molar-refractivity contribution in [3.05, 3.63) is 53.6 Å². The van der Waals surface area contributed by atoms with Gasteiger partial charge in [-0.05, 0) is 49.1 Å². The van der Waals surface area contributed by atoms with E-state index < -0.39 is 6.09 Å². The maximum Gasteiger partial charge on any atom is 0.411 e. The van der Waals surface area contributed by atoms with Crippen molar-refractivity contribution >= 4 is 17.5 Å². The molecule has 3 N–H and O–H groups in total. The highest BCUT2D eigenvalue weighted by atomic mass is 16.5. The van der Waals surface area contributed by atoms with Crippen LogP contribution >= 0.6 is 0 Å². The summed E-state index contributed by atoms with van der Waals surface area (Å²) in [5, 5.41) is 2.77. The molecule has 8 heteroatoms. The first kappa shape index (κ1) is 25.3. The summed E-state index contributed by atoms with van der Waals surface area (Å²) in [7, 11) is 0. The normalized spacial score (nSPS) is 19.9. The van der Waals surface area contributed by atoms with E-state index in [9.17, 15) is 4.79 Å². The van der Waals surface area contributed by atoms with Gasteiger partial charge in [0.1, 0.15) is 5.75 Å². The molecule has 0 aromatic heterocycles. The molecule has 2 atom stereocenters. The van der Waals surface area contributed by atoms with Crippen molar-refractivity contribution in [3.8, 4) is 5.75 Å². The molecule has 2 aromatic carbocycles. The summed E-state index contributed by atoms with van der Waals surface area (Å²) in [6.07, 6.45) is 1.35. The Morgan fingerprint density at radius 3 is 2.60 bits per heavy atom. The Labute approximate surface area is 208 Å². The predicted octanol–water partition coefficient (Wildman–Crippen LogP) is 4.33. The molecule has 2 aliphatic rings. The van der Waals surface area contributed by atoms with Crippen LogP contribution in [0.15, 0.2) is 42.5 Å². The SMILES string of the molecule is CCCOC(=O)Nc1ccc(C2C(N)c3ccc(OCCCN4CCOCC4)cc3N2CC)cc1. The number of anilines is 2. The lowest BCUT2D eigenvalue weighted by molar-refractivity contribution is 0.0358. The number of rotatable bonds is 10. The van der Waals surface area contributed by atoms with Crippen LogP contribution in [0.2, 0.25) is 0 Å². The summed E-state index contributed by atoms with van der Waals surface area (Å²) in [5.74, 6) is 0.877. The van der Waals surface area contributed by atoms with Crippen molar-refractivity contribution < 1.29 is 19.0 Å². The lowest BCUT2D eigenvalue weighted by Gasteiger charge is -2.29. The minimum Gasteiger partial charge on any atom is -0.493 e. The second-order valence-electron chi connectivity index (χ2n) is 9.02. The summed E-state index contributed by atoms with van der Waals surface area (Å²) in [6.45, 7) is 10.7. The van der Waals surface area contributed by atoms with Crippen LogP contribution < -0.4 is 20.7 Å². The number of likely N-dealkylation sites (N-methyl/N-ethyl adjacent to an activating group) is 1. The van der Waals surface area contributed by atoms with Crippen molar-refractivity contribution in [2.24, 2.45) is 5.73 Å². The van der Waals surface area contributed by atoms with E-state index in [1.807, 2.05) is 37.3 Å². The molecular formula is C27H38N4O4. The Morgan fingerprint density at radius 1 is 1.11 bits per heavy atom. The van der Waals surface area contributed by atoms with E-state index >= 15 is 0 Å². The molecule has 0 aliphatic carbocycles. The number of amides is 1. The van der Waals surface area contributed by atoms with E-state index in [1.54, 1.807) is 0 Å². The topological polar surface area (TPSA) is 89.3 Å². The van der Waals surface area contributed by atoms with Gasteiger partial charge in [0.25, 0.3) is 0 Å². The fourth-order valence-corrected chi connectivity index (χ4v) is 4.83. The van der Waals surface area contributed by atoms with Gasteiger partial charge in [0, 0.05) is 43.6 Å². The number of morpholine rings is 1. The van der Waals surface area contributed by atoms with E-state index in [0.29, 0.717) is 18.9 Å². The molecule has 1 fully saturated rings. The first-order valence-corrected chi connectivity index (χ1v) is 12.7. The van der Waals surface area contributed by atoms with Crippen LogP contribution in [-0.2, 0) is 9.47 Å². The largest absolute Gasteiger partial charge is 0.493 e. The molecule has 0 spiro atoms. The molecule has 35 heavy (non-hydrogen) atoms. The maximum atomic E-state index is 11.8. The van der Waals surface area contributed by atoms with Gasteiger partial charge in [-0.2, -0.15) is 0 Å². The molecule has 1 amide bonds. The molecule has 1 saturated heterocycles. The average molecular weight is 483 g/mol. The standard InChI is InChI=1S/C27H38N4O4/c1-3-15-35-27(32)29-21-8-6-20(7-9-21)26-25(28)23-11-10-22(19-24(23)31(26)4-2)34-16-5-12-30-13-17-33-18-14-30/h6-11,19,25-26H,3-5,12-18,28H2,1-2H3,(H,29,32). The van der Waals surface area contributed by atoms with Crippen LogP contribution in [0.1, 0.15) is 49.9 Å². The predicted molar refractivity (Wildman–Crippen MR) is 138 cm³/mol. The number of nitrogens with zero attached hydrogens (tertiary/aromatic N) is 2. The van der Waals surface area contributed by atoms with Crippen molar-refractivity contribution in [1.82, 2.24) is 4.90 Å². The average Bonchev–Trinajstić information content (AvgIpc) is 3.17. The highest BCUT2D eigenvalue weighted by molar-refractivity contribution is 5.84. The van der Waals surface area contributed by atoms with Crippen molar-refractivity contribution in [2.45, 2.75) is 38.8 Å². The highest BCUT2D eigenvalue weighted by Crippen LogP contribution is 2.47. The summed E-state index contributed by atoms with van der Waals surface area (Å²) >= 11 is 0. The second-order valence-corrected chi connectivity index (χ2v) is 9.02. The number of carbonyl (C=O) groups is 1. The number of carbonyl (C=O) groups excluding carboxylic acids is 1. The molecular weight excluding hydrogens is 444 g/mol. The first-order chi connectivity index (χ1) is 17.1. The number of hydrogen-bond acceptors (Lipinski definition) is 7. The first-order valence-electron chi connectivity index (χ1n) is 12.7. The molecule has 190 valence electrons. The molecule has 0 radical (unpaired) electrons. The molecule has 2 aromatic rings. The molecule has 0 saturated carbocycles. The Bertz CT molecular complexity index is 962. The third kappa shape index (κ3) is 6.25. The zero-order valence-electron chi connectivity index (χ0n) is 20.9. The van der Waals surface area contributed by atoms with Crippen molar-refractivity contribution in [1.29, 1.82) is 0 Å². The van der Waals surface area contributed by atoms with Gasteiger partial charge in [-0.25, -0.2) is 4.79 Å². The fraction of sp³-hybridized carbons (Fsp3) is 0.519. The Kier molecular flexibility index (Phi) is 8.84. The number of ether oxygens (including phenoxy) is 3. The van der Waals surface area contributed by atoms with Crippen LogP contribution in [0.5, 0.6) is 5.75 Å². The maximum absolute atomic E-state index is 11.8. The zero-order valence-corrected chi connectivity index (χ0v) is 20.9. The van der Waals surface area contributed by atoms with Gasteiger partial charge in [-0.1, -0.05) is 25.1 Å². The van der Waals surface area contributed by atoms with Crippen LogP contribution in [0.4, 0.5) is 16.2 Å². The van der Waals surface area contributed by atoms with Gasteiger partial charge in [0.05, 0.1) is 38.5 Å². The van der Waals surface area contributed by atoms with Gasteiger partial charge in [-0.15, -0.1) is 0 Å². The summed E-state index contributed by atoms with van der Waals surface area (Å²) in [5.41, 5.74) is 10.8. The molecule has 2 unspecified atom stereocenters. The minimum atomic E-state index is -0.433. The van der Waals surface area contributed by atoms with Crippen LogP contribution in [-0.4, -0.2) is 63.6 Å². The van der Waals surface area contributed by atoms with E-state index in [0.717, 1.165) is 74.8 Å². The Morgan fingerprint density at radius 2 is 1.89 bits per heavy atom. The number of benzene rings is 2. The van der Waals surface area contributed by atoms with Crippen molar-refractivity contribution in [3.63, 3.8) is 0 Å². The van der Waals surface area contributed by atoms with E-state index in [4.69, 9.17) is 19.9 Å². The van der Waals surface area contributed by atoms with Crippen LogP contribution in [0.3, 0.4) is 0 Å². The van der Waals surface area contributed by atoms with Gasteiger partial charge < -0.3 is 24.8 Å². The number of fused-ring (bicyclic) bond motifs is 1. The monoisotopic (exact) mass is 482 g/mol. The van der Waals surface area contributed by atoms with Crippen LogP contribution in [0, 0.1) is 0 Å². The third-order valence-electron chi connectivity index (χ3n) is 6.61. The molecule has 8 nitrogen and oxygen atoms in total. The Balaban J connectivity index is 1.38. The molecule has 0 bridgehead atoms. The summed E-state index contributed by atoms with van der Waals surface area (Å²) < 4.78 is 16.6. The lowest BCUT2D eigenvalue weighted by atomic mass is 9.97. The fourth-order valence-electron chi connectivity index (χ4n) is 4.83. The van der Waals surface area contributed by atoms with Crippen molar-refractivity contribution in [2.75, 3.05) is 62.8 Å². The van der Waals surface area contributed by atoms with E-state index in [-0.39, 0.29) is 12.1 Å². The quantitative estimate of drug-likeness (QED) is 0.487. The van der Waals surface area contributed by atoms with Crippen LogP contribution in [0.25, 0.3) is 0 Å². The lowest BCUT2D eigenvalue weighted by Crippen LogP contribution is -2.37. The minimum absolute atomic E-state index is 0.0210.